The van der Waals surface area contributed by atoms with E-state index >= 15 is 0 Å². The van der Waals surface area contributed by atoms with Gasteiger partial charge in [-0.15, -0.1) is 0 Å². The Bertz CT molecular complexity index is 1020. The van der Waals surface area contributed by atoms with Gasteiger partial charge in [0.1, 0.15) is 11.6 Å². The molecule has 1 fully saturated rings. The second-order valence-electron chi connectivity index (χ2n) is 7.78. The number of nitrogens with zero attached hydrogens (tertiary/aromatic N) is 1. The van der Waals surface area contributed by atoms with Crippen LogP contribution in [-0.2, 0) is 23.1 Å². The van der Waals surface area contributed by atoms with E-state index in [1.165, 1.54) is 10.6 Å². The Labute approximate surface area is 155 Å². The molecule has 6 nitrogen and oxygen atoms in total. The number of fused-ring (bicyclic) bond motifs is 3. The summed E-state index contributed by atoms with van der Waals surface area (Å²) in [7, 11) is 0. The number of hydrogen-bond donors (Lipinski definition) is 2. The van der Waals surface area contributed by atoms with Crippen molar-refractivity contribution in [3.05, 3.63) is 61.5 Å². The minimum Gasteiger partial charge on any atom is -0.381 e. The maximum Gasteiger partial charge on any atom is 0.330 e. The summed E-state index contributed by atoms with van der Waals surface area (Å²) in [5.41, 5.74) is 1.11. The van der Waals surface area contributed by atoms with Crippen molar-refractivity contribution in [2.24, 2.45) is 0 Å². The number of aryl methyl sites for hydroxylation is 1. The van der Waals surface area contributed by atoms with Crippen molar-refractivity contribution < 1.29 is 9.13 Å². The molecule has 142 valence electrons. The normalized spacial score (nSPS) is 24.5. The topological polar surface area (TPSA) is 76.1 Å². The summed E-state index contributed by atoms with van der Waals surface area (Å²) >= 11 is 0. The summed E-state index contributed by atoms with van der Waals surface area (Å²) in [6.07, 6.45) is 4.04. The number of aromatic nitrogens is 2. The monoisotopic (exact) mass is 371 g/mol. The van der Waals surface area contributed by atoms with Gasteiger partial charge in [0.25, 0.3) is 5.56 Å². The number of aromatic amines is 1. The van der Waals surface area contributed by atoms with Gasteiger partial charge in [0.05, 0.1) is 11.1 Å². The predicted molar refractivity (Wildman–Crippen MR) is 98.8 cm³/mol. The summed E-state index contributed by atoms with van der Waals surface area (Å²) < 4.78 is 21.3. The molecule has 2 N–H and O–H groups in total. The number of benzene rings is 1. The molecule has 0 amide bonds. The molecule has 1 aromatic heterocycles. The fourth-order valence-corrected chi connectivity index (χ4v) is 5.00. The summed E-state index contributed by atoms with van der Waals surface area (Å²) in [5, 5.41) is 3.35. The molecule has 1 spiro atoms. The molecule has 0 radical (unpaired) electrons. The predicted octanol–water partition coefficient (Wildman–Crippen LogP) is 2.23. The average Bonchev–Trinajstić information content (AvgIpc) is 3.02. The SMILES string of the molecule is O=c1[nH]c2c(c(=O)n1C1CCOCC1)CC[C@@]1(CCc3cccc(F)c31)N2. The number of rotatable bonds is 1. The van der Waals surface area contributed by atoms with E-state index in [1.807, 2.05) is 6.07 Å². The van der Waals surface area contributed by atoms with Gasteiger partial charge in [-0.3, -0.25) is 14.3 Å². The van der Waals surface area contributed by atoms with Crippen LogP contribution in [0.25, 0.3) is 0 Å². The molecule has 1 aromatic carbocycles. The van der Waals surface area contributed by atoms with E-state index in [-0.39, 0.29) is 17.4 Å². The van der Waals surface area contributed by atoms with Crippen molar-refractivity contribution >= 4 is 5.82 Å². The Balaban J connectivity index is 1.57. The van der Waals surface area contributed by atoms with Crippen molar-refractivity contribution in [2.45, 2.75) is 50.1 Å². The third-order valence-corrected chi connectivity index (χ3v) is 6.35. The first-order valence-electron chi connectivity index (χ1n) is 9.60. The second-order valence-corrected chi connectivity index (χ2v) is 7.78. The van der Waals surface area contributed by atoms with E-state index in [2.05, 4.69) is 10.3 Å². The molecule has 0 unspecified atom stereocenters. The molecule has 5 rings (SSSR count). The van der Waals surface area contributed by atoms with Crippen LogP contribution in [0.2, 0.25) is 0 Å². The van der Waals surface area contributed by atoms with E-state index < -0.39 is 11.2 Å². The second kappa shape index (κ2) is 6.05. The van der Waals surface area contributed by atoms with E-state index in [0.29, 0.717) is 55.8 Å². The van der Waals surface area contributed by atoms with Crippen molar-refractivity contribution in [3.63, 3.8) is 0 Å². The Kier molecular flexibility index (Phi) is 3.75. The molecule has 3 aliphatic rings. The first kappa shape index (κ1) is 16.7. The van der Waals surface area contributed by atoms with Gasteiger partial charge in [-0.05, 0) is 50.2 Å². The minimum absolute atomic E-state index is 0.124. The first-order valence-corrected chi connectivity index (χ1v) is 9.60. The lowest BCUT2D eigenvalue weighted by Gasteiger charge is -2.37. The van der Waals surface area contributed by atoms with Crippen LogP contribution >= 0.6 is 0 Å². The quantitative estimate of drug-likeness (QED) is 0.806. The van der Waals surface area contributed by atoms with E-state index in [0.717, 1.165) is 18.4 Å². The van der Waals surface area contributed by atoms with Crippen molar-refractivity contribution in [1.82, 2.24) is 9.55 Å². The zero-order valence-corrected chi connectivity index (χ0v) is 15.0. The molecular formula is C20H22FN3O3. The Hall–Kier alpha value is -2.41. The lowest BCUT2D eigenvalue weighted by molar-refractivity contribution is 0.0673. The van der Waals surface area contributed by atoms with Crippen LogP contribution in [0, 0.1) is 5.82 Å². The highest BCUT2D eigenvalue weighted by molar-refractivity contribution is 5.54. The standard InChI is InChI=1S/C20H22FN3O3/c21-15-3-1-2-12-4-8-20(16(12)15)9-5-14-17(23-20)22-19(26)24(18(14)25)13-6-10-27-11-7-13/h1-3,13,23H,4-11H2,(H,22,26)/t20-/m1/s1. The van der Waals surface area contributed by atoms with Crippen LogP contribution in [0.1, 0.15) is 48.4 Å². The molecule has 7 heteroatoms. The van der Waals surface area contributed by atoms with Crippen LogP contribution in [-0.4, -0.2) is 22.8 Å². The van der Waals surface area contributed by atoms with Gasteiger partial charge in [0.2, 0.25) is 0 Å². The molecular weight excluding hydrogens is 349 g/mol. The summed E-state index contributed by atoms with van der Waals surface area (Å²) in [6.45, 7) is 1.12. The highest BCUT2D eigenvalue weighted by Crippen LogP contribution is 2.46. The third kappa shape index (κ3) is 2.48. The molecule has 0 saturated carbocycles. The molecule has 1 aliphatic carbocycles. The molecule has 0 bridgehead atoms. The van der Waals surface area contributed by atoms with E-state index in [9.17, 15) is 14.0 Å². The minimum atomic E-state index is -0.548. The number of halogens is 1. The van der Waals surface area contributed by atoms with Gasteiger partial charge < -0.3 is 10.1 Å². The van der Waals surface area contributed by atoms with Gasteiger partial charge in [-0.1, -0.05) is 12.1 Å². The van der Waals surface area contributed by atoms with Crippen molar-refractivity contribution in [2.75, 3.05) is 18.5 Å². The van der Waals surface area contributed by atoms with Crippen LogP contribution in [0.5, 0.6) is 0 Å². The van der Waals surface area contributed by atoms with Gasteiger partial charge in [-0.2, -0.15) is 0 Å². The molecule has 2 aliphatic heterocycles. The number of anilines is 1. The molecule has 27 heavy (non-hydrogen) atoms. The van der Waals surface area contributed by atoms with Gasteiger partial charge >= 0.3 is 5.69 Å². The zero-order valence-electron chi connectivity index (χ0n) is 15.0. The molecule has 3 heterocycles. The Morgan fingerprint density at radius 3 is 2.74 bits per heavy atom. The summed E-state index contributed by atoms with van der Waals surface area (Å²) in [6, 6.07) is 5.05. The highest BCUT2D eigenvalue weighted by atomic mass is 19.1. The van der Waals surface area contributed by atoms with Crippen molar-refractivity contribution in [1.29, 1.82) is 0 Å². The van der Waals surface area contributed by atoms with E-state index in [4.69, 9.17) is 4.74 Å². The van der Waals surface area contributed by atoms with Gasteiger partial charge in [-0.25, -0.2) is 9.18 Å². The Morgan fingerprint density at radius 1 is 1.15 bits per heavy atom. The number of hydrogen-bond acceptors (Lipinski definition) is 4. The van der Waals surface area contributed by atoms with Crippen molar-refractivity contribution in [3.8, 4) is 0 Å². The number of nitrogens with one attached hydrogen (secondary N) is 2. The van der Waals surface area contributed by atoms with Crippen LogP contribution < -0.4 is 16.6 Å². The smallest absolute Gasteiger partial charge is 0.330 e. The molecule has 2 aromatic rings. The number of ether oxygens (including phenoxy) is 1. The lowest BCUT2D eigenvalue weighted by atomic mass is 9.82. The fraction of sp³-hybridized carbons (Fsp3) is 0.500. The summed E-state index contributed by atoms with van der Waals surface area (Å²) in [4.78, 5) is 28.6. The zero-order chi connectivity index (χ0) is 18.6. The summed E-state index contributed by atoms with van der Waals surface area (Å²) in [5.74, 6) is 0.231. The lowest BCUT2D eigenvalue weighted by Crippen LogP contribution is -2.47. The van der Waals surface area contributed by atoms with E-state index in [1.54, 1.807) is 6.07 Å². The van der Waals surface area contributed by atoms with Crippen LogP contribution in [0.15, 0.2) is 27.8 Å². The first-order chi connectivity index (χ1) is 13.1. The van der Waals surface area contributed by atoms with Gasteiger partial charge in [0.15, 0.2) is 0 Å². The fourth-order valence-electron chi connectivity index (χ4n) is 5.00. The highest BCUT2D eigenvalue weighted by Gasteiger charge is 2.44. The maximum absolute atomic E-state index is 14.6. The van der Waals surface area contributed by atoms with Gasteiger partial charge in [0, 0.05) is 24.8 Å². The molecule has 1 atom stereocenters. The third-order valence-electron chi connectivity index (χ3n) is 6.35. The molecule has 1 saturated heterocycles. The maximum atomic E-state index is 14.6. The average molecular weight is 371 g/mol. The van der Waals surface area contributed by atoms with Crippen LogP contribution in [0.3, 0.4) is 0 Å². The van der Waals surface area contributed by atoms with Crippen LogP contribution in [0.4, 0.5) is 10.2 Å². The Morgan fingerprint density at radius 2 is 1.93 bits per heavy atom. The largest absolute Gasteiger partial charge is 0.381 e. The number of H-pyrrole nitrogens is 1.